The maximum atomic E-state index is 13.9. The fraction of sp³-hybridized carbons (Fsp3) is 0.600. The van der Waals surface area contributed by atoms with Gasteiger partial charge in [0.15, 0.2) is 0 Å². The molecule has 1 N–H and O–H groups in total. The molecule has 0 aromatic heterocycles. The zero-order chi connectivity index (χ0) is 13.9. The second-order valence-electron chi connectivity index (χ2n) is 5.71. The molecular formula is C15H21FN2OS. The largest absolute Gasteiger partial charge is 0.310 e. The lowest BCUT2D eigenvalue weighted by Crippen LogP contribution is -2.37. The minimum Gasteiger partial charge on any atom is -0.310 e. The van der Waals surface area contributed by atoms with Crippen LogP contribution in [-0.2, 0) is 23.9 Å². The van der Waals surface area contributed by atoms with E-state index >= 15 is 0 Å². The van der Waals surface area contributed by atoms with Crippen LogP contribution in [0.15, 0.2) is 18.2 Å². The number of hydrogen-bond acceptors (Lipinski definition) is 3. The van der Waals surface area contributed by atoms with Crippen LogP contribution in [0.4, 0.5) is 4.39 Å². The molecule has 1 aliphatic carbocycles. The molecule has 0 amide bonds. The van der Waals surface area contributed by atoms with Crippen molar-refractivity contribution in [3.8, 4) is 0 Å². The van der Waals surface area contributed by atoms with Crippen LogP contribution in [0.2, 0.25) is 0 Å². The summed E-state index contributed by atoms with van der Waals surface area (Å²) in [5.41, 5.74) is 1.90. The highest BCUT2D eigenvalue weighted by Gasteiger charge is 2.20. The molecule has 1 aromatic rings. The van der Waals surface area contributed by atoms with Gasteiger partial charge in [0.1, 0.15) is 5.82 Å². The molecule has 0 spiro atoms. The SMILES string of the molecule is O=S1CCN(Cc2cc(CNC3CC3)ccc2F)CC1. The lowest BCUT2D eigenvalue weighted by atomic mass is 10.1. The highest BCUT2D eigenvalue weighted by atomic mass is 32.2. The van der Waals surface area contributed by atoms with Crippen molar-refractivity contribution in [1.82, 2.24) is 10.2 Å². The summed E-state index contributed by atoms with van der Waals surface area (Å²) in [5, 5.41) is 3.45. The summed E-state index contributed by atoms with van der Waals surface area (Å²) in [7, 11) is -0.675. The molecule has 1 saturated carbocycles. The molecule has 3 nitrogen and oxygen atoms in total. The third kappa shape index (κ3) is 3.87. The van der Waals surface area contributed by atoms with Gasteiger partial charge in [-0.1, -0.05) is 12.1 Å². The molecular weight excluding hydrogens is 275 g/mol. The first kappa shape index (κ1) is 14.2. The van der Waals surface area contributed by atoms with Crippen LogP contribution in [0.25, 0.3) is 0 Å². The van der Waals surface area contributed by atoms with Crippen LogP contribution in [-0.4, -0.2) is 39.7 Å². The van der Waals surface area contributed by atoms with E-state index in [1.54, 1.807) is 6.07 Å². The molecule has 110 valence electrons. The Labute approximate surface area is 122 Å². The summed E-state index contributed by atoms with van der Waals surface area (Å²) in [6, 6.07) is 6.07. The molecule has 20 heavy (non-hydrogen) atoms. The molecule has 0 atom stereocenters. The Hall–Kier alpha value is -0.780. The van der Waals surface area contributed by atoms with Crippen LogP contribution < -0.4 is 5.32 Å². The summed E-state index contributed by atoms with van der Waals surface area (Å²) in [6.07, 6.45) is 2.53. The Kier molecular flexibility index (Phi) is 4.48. The van der Waals surface area contributed by atoms with E-state index in [9.17, 15) is 8.60 Å². The average molecular weight is 296 g/mol. The smallest absolute Gasteiger partial charge is 0.127 e. The normalized spacial score (nSPS) is 21.2. The number of benzene rings is 1. The first-order valence-corrected chi connectivity index (χ1v) is 8.77. The fourth-order valence-corrected chi connectivity index (χ4v) is 3.61. The molecule has 3 rings (SSSR count). The van der Waals surface area contributed by atoms with Crippen molar-refractivity contribution in [1.29, 1.82) is 0 Å². The Morgan fingerprint density at radius 1 is 1.30 bits per heavy atom. The highest BCUT2D eigenvalue weighted by molar-refractivity contribution is 7.85. The van der Waals surface area contributed by atoms with Crippen molar-refractivity contribution in [2.45, 2.75) is 32.0 Å². The Morgan fingerprint density at radius 3 is 2.75 bits per heavy atom. The van der Waals surface area contributed by atoms with Crippen LogP contribution in [0, 0.1) is 5.82 Å². The van der Waals surface area contributed by atoms with Gasteiger partial charge in [0.2, 0.25) is 0 Å². The molecule has 1 saturated heterocycles. The summed E-state index contributed by atoms with van der Waals surface area (Å²) in [5.74, 6) is 1.29. The van der Waals surface area contributed by atoms with E-state index in [2.05, 4.69) is 10.2 Å². The fourth-order valence-electron chi connectivity index (χ4n) is 2.48. The maximum absolute atomic E-state index is 13.9. The van der Waals surface area contributed by atoms with Gasteiger partial charge >= 0.3 is 0 Å². The van der Waals surface area contributed by atoms with Crippen molar-refractivity contribution >= 4 is 10.8 Å². The third-order valence-electron chi connectivity index (χ3n) is 3.95. The van der Waals surface area contributed by atoms with Gasteiger partial charge in [-0.05, 0) is 24.5 Å². The average Bonchev–Trinajstić information content (AvgIpc) is 3.26. The minimum atomic E-state index is -0.675. The molecule has 1 aromatic carbocycles. The lowest BCUT2D eigenvalue weighted by Gasteiger charge is -2.26. The van der Waals surface area contributed by atoms with E-state index in [0.717, 1.165) is 30.8 Å². The number of rotatable bonds is 5. The summed E-state index contributed by atoms with van der Waals surface area (Å²) in [6.45, 7) is 3.05. The molecule has 0 bridgehead atoms. The zero-order valence-electron chi connectivity index (χ0n) is 11.6. The number of nitrogens with zero attached hydrogens (tertiary/aromatic N) is 1. The Balaban J connectivity index is 1.61. The van der Waals surface area contributed by atoms with E-state index in [1.807, 2.05) is 12.1 Å². The number of halogens is 1. The first-order chi connectivity index (χ1) is 9.70. The molecule has 5 heteroatoms. The van der Waals surface area contributed by atoms with Crippen molar-refractivity contribution < 1.29 is 8.60 Å². The van der Waals surface area contributed by atoms with Gasteiger partial charge in [-0.15, -0.1) is 0 Å². The molecule has 1 heterocycles. The van der Waals surface area contributed by atoms with E-state index in [1.165, 1.54) is 12.8 Å². The van der Waals surface area contributed by atoms with Gasteiger partial charge < -0.3 is 5.32 Å². The maximum Gasteiger partial charge on any atom is 0.127 e. The second kappa shape index (κ2) is 6.33. The van der Waals surface area contributed by atoms with Gasteiger partial charge in [0.25, 0.3) is 0 Å². The minimum absolute atomic E-state index is 0.133. The van der Waals surface area contributed by atoms with Crippen molar-refractivity contribution in [3.63, 3.8) is 0 Å². The van der Waals surface area contributed by atoms with Gasteiger partial charge in [-0.2, -0.15) is 0 Å². The van der Waals surface area contributed by atoms with Gasteiger partial charge in [0.05, 0.1) is 0 Å². The Morgan fingerprint density at radius 2 is 2.05 bits per heavy atom. The van der Waals surface area contributed by atoms with Crippen molar-refractivity contribution in [2.24, 2.45) is 0 Å². The van der Waals surface area contributed by atoms with E-state index in [-0.39, 0.29) is 5.82 Å². The summed E-state index contributed by atoms with van der Waals surface area (Å²) >= 11 is 0. The van der Waals surface area contributed by atoms with Crippen LogP contribution in [0.5, 0.6) is 0 Å². The molecule has 2 fully saturated rings. The van der Waals surface area contributed by atoms with Gasteiger partial charge in [-0.3, -0.25) is 9.11 Å². The first-order valence-electron chi connectivity index (χ1n) is 7.29. The molecule has 2 aliphatic rings. The molecule has 0 radical (unpaired) electrons. The van der Waals surface area contributed by atoms with E-state index in [0.29, 0.717) is 24.1 Å². The van der Waals surface area contributed by atoms with Crippen molar-refractivity contribution in [3.05, 3.63) is 35.1 Å². The van der Waals surface area contributed by atoms with Gasteiger partial charge in [-0.25, -0.2) is 4.39 Å². The number of hydrogen-bond donors (Lipinski definition) is 1. The predicted molar refractivity (Wildman–Crippen MR) is 79.4 cm³/mol. The third-order valence-corrected chi connectivity index (χ3v) is 5.22. The zero-order valence-corrected chi connectivity index (χ0v) is 12.4. The summed E-state index contributed by atoms with van der Waals surface area (Å²) < 4.78 is 25.2. The standard InChI is InChI=1S/C15H21FN2OS/c16-15-4-1-12(10-17-14-2-3-14)9-13(15)11-18-5-7-20(19)8-6-18/h1,4,9,14,17H,2-3,5-8,10-11H2. The second-order valence-corrected chi connectivity index (χ2v) is 7.40. The van der Waals surface area contributed by atoms with Crippen molar-refractivity contribution in [2.75, 3.05) is 24.6 Å². The quantitative estimate of drug-likeness (QED) is 0.896. The lowest BCUT2D eigenvalue weighted by molar-refractivity contribution is 0.287. The highest BCUT2D eigenvalue weighted by Crippen LogP contribution is 2.20. The van der Waals surface area contributed by atoms with Crippen LogP contribution in [0.3, 0.4) is 0 Å². The molecule has 1 aliphatic heterocycles. The monoisotopic (exact) mass is 296 g/mol. The Bertz CT molecular complexity index is 495. The molecule has 0 unspecified atom stereocenters. The summed E-state index contributed by atoms with van der Waals surface area (Å²) in [4.78, 5) is 2.19. The topological polar surface area (TPSA) is 32.3 Å². The van der Waals surface area contributed by atoms with E-state index < -0.39 is 10.8 Å². The van der Waals surface area contributed by atoms with Crippen LogP contribution >= 0.6 is 0 Å². The number of nitrogens with one attached hydrogen (secondary N) is 1. The van der Waals surface area contributed by atoms with E-state index in [4.69, 9.17) is 0 Å². The van der Waals surface area contributed by atoms with Gasteiger partial charge in [0, 0.05) is 60.1 Å². The van der Waals surface area contributed by atoms with Crippen LogP contribution in [0.1, 0.15) is 24.0 Å². The predicted octanol–water partition coefficient (Wildman–Crippen LogP) is 1.64.